The molecule has 0 aliphatic carbocycles. The van der Waals surface area contributed by atoms with Crippen molar-refractivity contribution in [2.75, 3.05) is 17.3 Å². The summed E-state index contributed by atoms with van der Waals surface area (Å²) in [5.41, 5.74) is 3.47. The Morgan fingerprint density at radius 2 is 1.94 bits per heavy atom. The lowest BCUT2D eigenvalue weighted by atomic mass is 10.2. The van der Waals surface area contributed by atoms with E-state index >= 15 is 0 Å². The molecule has 18 heavy (non-hydrogen) atoms. The molecule has 1 unspecified atom stereocenters. The van der Waals surface area contributed by atoms with Crippen molar-refractivity contribution in [3.05, 3.63) is 11.4 Å². The van der Waals surface area contributed by atoms with E-state index in [1.54, 1.807) is 0 Å². The number of nitrogens with two attached hydrogens (primary N) is 1. The molecular weight excluding hydrogens is 230 g/mol. The van der Waals surface area contributed by atoms with Crippen LogP contribution in [0.5, 0.6) is 0 Å². The first kappa shape index (κ1) is 14.7. The predicted octanol–water partition coefficient (Wildman–Crippen LogP) is 1.21. The quantitative estimate of drug-likeness (QED) is 0.431. The van der Waals surface area contributed by atoms with Crippen molar-refractivity contribution in [2.24, 2.45) is 5.84 Å². The molecule has 6 nitrogen and oxygen atoms in total. The lowest BCUT2D eigenvalue weighted by Gasteiger charge is -2.14. The fourth-order valence-electron chi connectivity index (χ4n) is 1.60. The minimum Gasteiger partial charge on any atom is -0.393 e. The van der Waals surface area contributed by atoms with E-state index in [0.717, 1.165) is 30.0 Å². The Morgan fingerprint density at radius 1 is 1.28 bits per heavy atom. The van der Waals surface area contributed by atoms with E-state index in [0.29, 0.717) is 18.8 Å². The summed E-state index contributed by atoms with van der Waals surface area (Å²) in [7, 11) is 0. The van der Waals surface area contributed by atoms with Gasteiger partial charge in [0.15, 0.2) is 0 Å². The van der Waals surface area contributed by atoms with Crippen LogP contribution in [0.2, 0.25) is 0 Å². The maximum atomic E-state index is 9.50. The van der Waals surface area contributed by atoms with Crippen LogP contribution in [0.1, 0.15) is 38.1 Å². The molecule has 102 valence electrons. The number of nitrogen functional groups attached to an aromatic ring is 1. The average molecular weight is 253 g/mol. The maximum Gasteiger partial charge on any atom is 0.148 e. The van der Waals surface area contributed by atoms with Crippen LogP contribution >= 0.6 is 0 Å². The molecule has 1 aromatic rings. The lowest BCUT2D eigenvalue weighted by Crippen LogP contribution is -2.17. The highest BCUT2D eigenvalue weighted by atomic mass is 16.3. The first-order chi connectivity index (χ1) is 8.62. The number of hydrogen-bond donors (Lipinski definition) is 4. The predicted molar refractivity (Wildman–Crippen MR) is 73.4 cm³/mol. The van der Waals surface area contributed by atoms with E-state index in [1.165, 1.54) is 0 Å². The maximum absolute atomic E-state index is 9.50. The molecule has 0 amide bonds. The van der Waals surface area contributed by atoms with Gasteiger partial charge in [0.1, 0.15) is 17.5 Å². The van der Waals surface area contributed by atoms with Crippen molar-refractivity contribution in [3.63, 3.8) is 0 Å². The summed E-state index contributed by atoms with van der Waals surface area (Å²) in [4.78, 5) is 8.72. The van der Waals surface area contributed by atoms with Crippen molar-refractivity contribution < 1.29 is 5.11 Å². The number of aliphatic hydroxyl groups is 1. The Bertz CT molecular complexity index is 383. The first-order valence-corrected chi connectivity index (χ1v) is 6.38. The minimum absolute atomic E-state index is 0.266. The Kier molecular flexibility index (Phi) is 5.80. The topological polar surface area (TPSA) is 96.1 Å². The van der Waals surface area contributed by atoms with Gasteiger partial charge in [-0.15, -0.1) is 0 Å². The normalized spacial score (nSPS) is 12.3. The molecule has 5 N–H and O–H groups in total. The summed E-state index contributed by atoms with van der Waals surface area (Å²) < 4.78 is 0. The number of aryl methyl sites for hydroxylation is 1. The van der Waals surface area contributed by atoms with E-state index in [-0.39, 0.29) is 6.10 Å². The average Bonchev–Trinajstić information content (AvgIpc) is 2.40. The molecule has 0 fully saturated rings. The highest BCUT2D eigenvalue weighted by Crippen LogP contribution is 2.19. The van der Waals surface area contributed by atoms with E-state index in [4.69, 9.17) is 5.84 Å². The Morgan fingerprint density at radius 3 is 2.50 bits per heavy atom. The summed E-state index contributed by atoms with van der Waals surface area (Å²) in [6.07, 6.45) is 1.95. The number of rotatable bonds is 7. The zero-order chi connectivity index (χ0) is 13.5. The molecule has 1 aromatic heterocycles. The molecule has 1 rings (SSSR count). The van der Waals surface area contributed by atoms with Gasteiger partial charge in [0.05, 0.1) is 6.10 Å². The van der Waals surface area contributed by atoms with Crippen molar-refractivity contribution in [1.29, 1.82) is 0 Å². The van der Waals surface area contributed by atoms with E-state index in [9.17, 15) is 5.11 Å². The first-order valence-electron chi connectivity index (χ1n) is 6.38. The van der Waals surface area contributed by atoms with Gasteiger partial charge in [0, 0.05) is 18.5 Å². The van der Waals surface area contributed by atoms with Crippen LogP contribution in [0.4, 0.5) is 11.6 Å². The molecule has 1 atom stereocenters. The van der Waals surface area contributed by atoms with Crippen LogP contribution in [-0.4, -0.2) is 27.7 Å². The third-order valence-corrected chi connectivity index (χ3v) is 2.89. The molecule has 1 heterocycles. The van der Waals surface area contributed by atoms with E-state index in [2.05, 4.69) is 20.7 Å². The lowest BCUT2D eigenvalue weighted by molar-refractivity contribution is 0.164. The summed E-state index contributed by atoms with van der Waals surface area (Å²) in [5, 5.41) is 12.7. The number of nitrogens with zero attached hydrogens (tertiary/aromatic N) is 2. The largest absolute Gasteiger partial charge is 0.393 e. The summed E-state index contributed by atoms with van der Waals surface area (Å²) in [6, 6.07) is 0. The smallest absolute Gasteiger partial charge is 0.148 e. The monoisotopic (exact) mass is 253 g/mol. The fourth-order valence-corrected chi connectivity index (χ4v) is 1.60. The number of anilines is 2. The molecule has 0 aliphatic rings. The van der Waals surface area contributed by atoms with Gasteiger partial charge in [-0.25, -0.2) is 15.8 Å². The SMILES string of the molecule is CCc1nc(NN)c(C)c(NCCC(O)CC)n1. The molecule has 0 saturated heterocycles. The number of aliphatic hydroxyl groups excluding tert-OH is 1. The van der Waals surface area contributed by atoms with Crippen LogP contribution in [0.3, 0.4) is 0 Å². The van der Waals surface area contributed by atoms with Gasteiger partial charge in [-0.3, -0.25) is 0 Å². The van der Waals surface area contributed by atoms with Crippen molar-refractivity contribution in [1.82, 2.24) is 9.97 Å². The second-order valence-corrected chi connectivity index (χ2v) is 4.24. The molecule has 0 aromatic carbocycles. The highest BCUT2D eigenvalue weighted by molar-refractivity contribution is 5.56. The van der Waals surface area contributed by atoms with Gasteiger partial charge in [-0.2, -0.15) is 0 Å². The molecule has 6 heteroatoms. The van der Waals surface area contributed by atoms with E-state index in [1.807, 2.05) is 20.8 Å². The minimum atomic E-state index is -0.266. The van der Waals surface area contributed by atoms with E-state index < -0.39 is 0 Å². The van der Waals surface area contributed by atoms with Crippen molar-refractivity contribution >= 4 is 11.6 Å². The molecule has 0 saturated carbocycles. The highest BCUT2D eigenvalue weighted by Gasteiger charge is 2.09. The number of nitrogens with one attached hydrogen (secondary N) is 2. The molecule has 0 spiro atoms. The summed E-state index contributed by atoms with van der Waals surface area (Å²) in [5.74, 6) is 7.59. The van der Waals surface area contributed by atoms with Gasteiger partial charge < -0.3 is 15.8 Å². The molecule has 0 bridgehead atoms. The van der Waals surface area contributed by atoms with Crippen LogP contribution in [0.15, 0.2) is 0 Å². The fraction of sp³-hybridized carbons (Fsp3) is 0.667. The Hall–Kier alpha value is -1.40. The van der Waals surface area contributed by atoms with Crippen LogP contribution in [0, 0.1) is 6.92 Å². The van der Waals surface area contributed by atoms with Gasteiger partial charge in [0.25, 0.3) is 0 Å². The zero-order valence-electron chi connectivity index (χ0n) is 11.3. The second kappa shape index (κ2) is 7.13. The van der Waals surface area contributed by atoms with Crippen molar-refractivity contribution in [2.45, 2.75) is 46.1 Å². The third-order valence-electron chi connectivity index (χ3n) is 2.89. The molecular formula is C12H23N5O. The third kappa shape index (κ3) is 3.82. The van der Waals surface area contributed by atoms with Crippen LogP contribution in [0.25, 0.3) is 0 Å². The second-order valence-electron chi connectivity index (χ2n) is 4.24. The van der Waals surface area contributed by atoms with Gasteiger partial charge in [-0.1, -0.05) is 13.8 Å². The number of hydrogen-bond acceptors (Lipinski definition) is 6. The zero-order valence-corrected chi connectivity index (χ0v) is 11.3. The van der Waals surface area contributed by atoms with Gasteiger partial charge >= 0.3 is 0 Å². The number of aromatic nitrogens is 2. The molecule has 0 radical (unpaired) electrons. The Labute approximate surface area is 108 Å². The Balaban J connectivity index is 2.74. The summed E-state index contributed by atoms with van der Waals surface area (Å²) in [6.45, 7) is 6.55. The van der Waals surface area contributed by atoms with Crippen LogP contribution < -0.4 is 16.6 Å². The van der Waals surface area contributed by atoms with Gasteiger partial charge in [0.2, 0.25) is 0 Å². The van der Waals surface area contributed by atoms with Crippen LogP contribution in [-0.2, 0) is 6.42 Å². The number of hydrazine groups is 1. The molecule has 0 aliphatic heterocycles. The standard InChI is InChI=1S/C12H23N5O/c1-4-9(18)6-7-14-11-8(3)12(17-13)16-10(5-2)15-11/h9,18H,4-7,13H2,1-3H3,(H2,14,15,16,17). The van der Waals surface area contributed by atoms with Crippen molar-refractivity contribution in [3.8, 4) is 0 Å². The summed E-state index contributed by atoms with van der Waals surface area (Å²) >= 11 is 0. The van der Waals surface area contributed by atoms with Gasteiger partial charge in [-0.05, 0) is 19.8 Å².